The third-order valence-corrected chi connectivity index (χ3v) is 4.28. The second kappa shape index (κ2) is 9.89. The summed E-state index contributed by atoms with van der Waals surface area (Å²) in [6.07, 6.45) is 7.03. The Morgan fingerprint density at radius 3 is 2.67 bits per heavy atom. The first-order valence-electron chi connectivity index (χ1n) is 6.48. The zero-order valence-corrected chi connectivity index (χ0v) is 12.5. The first-order chi connectivity index (χ1) is 8.76. The van der Waals surface area contributed by atoms with Crippen LogP contribution < -0.4 is 0 Å². The van der Waals surface area contributed by atoms with Crippen molar-refractivity contribution in [1.82, 2.24) is 4.31 Å². The molecule has 0 atom stereocenters. The van der Waals surface area contributed by atoms with Gasteiger partial charge in [0.05, 0.1) is 26.2 Å². The van der Waals surface area contributed by atoms with E-state index in [1.165, 1.54) is 39.2 Å². The molecule has 0 bridgehead atoms. The third kappa shape index (κ3) is 6.83. The van der Waals surface area contributed by atoms with E-state index in [1.807, 2.05) is 4.31 Å². The summed E-state index contributed by atoms with van der Waals surface area (Å²) in [4.78, 5) is 11.0. The van der Waals surface area contributed by atoms with Crippen molar-refractivity contribution in [3.05, 3.63) is 0 Å². The monoisotopic (exact) mass is 295 g/mol. The topological polar surface area (TPSA) is 38.8 Å². The van der Waals surface area contributed by atoms with Crippen molar-refractivity contribution in [3.8, 4) is 0 Å². The van der Waals surface area contributed by atoms with Crippen LogP contribution in [0, 0.1) is 0 Å². The fraction of sp³-hybridized carbons (Fsp3) is 0.917. The van der Waals surface area contributed by atoms with Gasteiger partial charge in [0.1, 0.15) is 0 Å². The number of hydrogen-bond donors (Lipinski definition) is 0. The molecule has 1 saturated carbocycles. The van der Waals surface area contributed by atoms with Crippen molar-refractivity contribution in [1.29, 1.82) is 0 Å². The van der Waals surface area contributed by atoms with Crippen LogP contribution in [0.15, 0.2) is 0 Å². The highest BCUT2D eigenvalue weighted by Gasteiger charge is 2.14. The van der Waals surface area contributed by atoms with Crippen LogP contribution >= 0.6 is 21.8 Å². The Kier molecular flexibility index (Phi) is 8.84. The average molecular weight is 296 g/mol. The minimum absolute atomic E-state index is 0.209. The number of esters is 1. The van der Waals surface area contributed by atoms with Crippen molar-refractivity contribution in [2.75, 3.05) is 26.8 Å². The van der Waals surface area contributed by atoms with Gasteiger partial charge in [-0.15, -0.1) is 0 Å². The quantitative estimate of drug-likeness (QED) is 0.508. The summed E-state index contributed by atoms with van der Waals surface area (Å²) in [6, 6.07) is 0. The Balaban J connectivity index is 2.08. The lowest BCUT2D eigenvalue weighted by atomic mass is 9.98. The number of carbonyl (C=O) groups is 1. The van der Waals surface area contributed by atoms with Crippen molar-refractivity contribution in [3.63, 3.8) is 0 Å². The predicted molar refractivity (Wildman–Crippen MR) is 74.5 cm³/mol. The van der Waals surface area contributed by atoms with Crippen LogP contribution in [0.1, 0.15) is 38.5 Å². The zero-order valence-electron chi connectivity index (χ0n) is 10.9. The molecule has 0 N–H and O–H groups in total. The van der Waals surface area contributed by atoms with Crippen LogP contribution in [0.5, 0.6) is 0 Å². The number of nitrogens with zero attached hydrogens (tertiary/aromatic N) is 1. The molecule has 0 aromatic rings. The van der Waals surface area contributed by atoms with Crippen molar-refractivity contribution in [2.45, 2.75) is 44.6 Å². The summed E-state index contributed by atoms with van der Waals surface area (Å²) in [5, 5.41) is 0. The summed E-state index contributed by atoms with van der Waals surface area (Å²) in [6.45, 7) is 2.00. The van der Waals surface area contributed by atoms with Crippen molar-refractivity contribution >= 4 is 27.8 Å². The molecule has 0 aromatic carbocycles. The van der Waals surface area contributed by atoms with Gasteiger partial charge in [-0.2, -0.15) is 0 Å². The molecule has 1 aliphatic carbocycles. The van der Waals surface area contributed by atoms with Crippen LogP contribution in [0.3, 0.4) is 0 Å². The summed E-state index contributed by atoms with van der Waals surface area (Å²) >= 11 is 1.13. The Morgan fingerprint density at radius 1 is 1.33 bits per heavy atom. The number of ether oxygens (including phenoxy) is 2. The lowest BCUT2D eigenvalue weighted by Gasteiger charge is -2.23. The molecule has 1 rings (SSSR count). The highest BCUT2D eigenvalue weighted by atomic mass is 35.7. The fourth-order valence-electron chi connectivity index (χ4n) is 2.05. The standard InChI is InChI=1S/C12H22ClNO3S/c1-16-12(15)7-8-14(18-13)9-10-17-11-5-3-2-4-6-11/h11H,2-10H2,1H3. The van der Waals surface area contributed by atoms with Crippen molar-refractivity contribution < 1.29 is 14.3 Å². The van der Waals surface area contributed by atoms with Crippen LogP contribution in [0.4, 0.5) is 0 Å². The van der Waals surface area contributed by atoms with Gasteiger partial charge in [0.25, 0.3) is 0 Å². The summed E-state index contributed by atoms with van der Waals surface area (Å²) in [5.74, 6) is -0.209. The van der Waals surface area contributed by atoms with E-state index in [1.54, 1.807) is 0 Å². The molecule has 0 spiro atoms. The summed E-state index contributed by atoms with van der Waals surface area (Å²) in [7, 11) is 7.15. The average Bonchev–Trinajstić information content (AvgIpc) is 2.43. The van der Waals surface area contributed by atoms with Gasteiger partial charge >= 0.3 is 5.97 Å². The van der Waals surface area contributed by atoms with Gasteiger partial charge in [-0.05, 0) is 23.5 Å². The van der Waals surface area contributed by atoms with Gasteiger partial charge < -0.3 is 9.47 Å². The van der Waals surface area contributed by atoms with E-state index in [-0.39, 0.29) is 5.97 Å². The van der Waals surface area contributed by atoms with Gasteiger partial charge in [-0.3, -0.25) is 4.79 Å². The third-order valence-electron chi connectivity index (χ3n) is 3.14. The highest BCUT2D eigenvalue weighted by molar-refractivity contribution is 8.19. The predicted octanol–water partition coefficient (Wildman–Crippen LogP) is 3.00. The minimum atomic E-state index is -0.209. The number of rotatable bonds is 8. The van der Waals surface area contributed by atoms with Crippen LogP contribution in [-0.4, -0.2) is 43.2 Å². The van der Waals surface area contributed by atoms with E-state index in [0.29, 0.717) is 25.7 Å². The maximum absolute atomic E-state index is 11.0. The molecule has 1 aliphatic rings. The number of methoxy groups -OCH3 is 1. The fourth-order valence-corrected chi connectivity index (χ4v) is 2.77. The van der Waals surface area contributed by atoms with Crippen LogP contribution in [-0.2, 0) is 14.3 Å². The van der Waals surface area contributed by atoms with Gasteiger partial charge in [-0.1, -0.05) is 19.3 Å². The van der Waals surface area contributed by atoms with E-state index in [9.17, 15) is 4.79 Å². The number of carbonyl (C=O) groups excluding carboxylic acids is 1. The van der Waals surface area contributed by atoms with Gasteiger partial charge in [-0.25, -0.2) is 4.31 Å². The molecule has 1 fully saturated rings. The van der Waals surface area contributed by atoms with Crippen molar-refractivity contribution in [2.24, 2.45) is 0 Å². The van der Waals surface area contributed by atoms with E-state index in [2.05, 4.69) is 4.74 Å². The molecule has 106 valence electrons. The zero-order chi connectivity index (χ0) is 13.2. The smallest absolute Gasteiger partial charge is 0.306 e. The SMILES string of the molecule is COC(=O)CCN(CCOC1CCCCC1)SCl. The van der Waals surface area contributed by atoms with E-state index in [0.717, 1.165) is 17.7 Å². The minimum Gasteiger partial charge on any atom is -0.469 e. The lowest BCUT2D eigenvalue weighted by molar-refractivity contribution is -0.140. The summed E-state index contributed by atoms with van der Waals surface area (Å²) < 4.78 is 12.3. The first-order valence-corrected chi connectivity index (χ1v) is 8.08. The first kappa shape index (κ1) is 16.1. The Bertz CT molecular complexity index is 237. The Hall–Kier alpha value is 0.0300. The number of halogens is 1. The molecule has 0 unspecified atom stereocenters. The maximum Gasteiger partial charge on any atom is 0.306 e. The molecular formula is C12H22ClNO3S. The molecule has 4 nitrogen and oxygen atoms in total. The summed E-state index contributed by atoms with van der Waals surface area (Å²) in [5.41, 5.74) is 0. The second-order valence-electron chi connectivity index (χ2n) is 4.45. The highest BCUT2D eigenvalue weighted by Crippen LogP contribution is 2.21. The molecule has 0 amide bonds. The van der Waals surface area contributed by atoms with E-state index < -0.39 is 0 Å². The molecule has 0 heterocycles. The largest absolute Gasteiger partial charge is 0.469 e. The maximum atomic E-state index is 11.0. The van der Waals surface area contributed by atoms with Crippen LogP contribution in [0.2, 0.25) is 0 Å². The molecule has 0 radical (unpaired) electrons. The molecule has 6 heteroatoms. The van der Waals surface area contributed by atoms with Gasteiger partial charge in [0, 0.05) is 24.3 Å². The Labute approximate surface area is 118 Å². The molecule has 18 heavy (non-hydrogen) atoms. The van der Waals surface area contributed by atoms with Gasteiger partial charge in [0.15, 0.2) is 0 Å². The molecule has 0 saturated heterocycles. The van der Waals surface area contributed by atoms with Gasteiger partial charge in [0.2, 0.25) is 0 Å². The van der Waals surface area contributed by atoms with Crippen LogP contribution in [0.25, 0.3) is 0 Å². The normalized spacial score (nSPS) is 17.1. The van der Waals surface area contributed by atoms with E-state index in [4.69, 9.17) is 15.4 Å². The molecular weight excluding hydrogens is 274 g/mol. The van der Waals surface area contributed by atoms with E-state index >= 15 is 0 Å². The molecule has 0 aromatic heterocycles. The molecule has 0 aliphatic heterocycles. The lowest BCUT2D eigenvalue weighted by Crippen LogP contribution is -2.26. The number of hydrogen-bond acceptors (Lipinski definition) is 5. The second-order valence-corrected chi connectivity index (χ2v) is 5.52. The Morgan fingerprint density at radius 2 is 2.06 bits per heavy atom.